The Labute approximate surface area is 147 Å². The molecule has 2 amide bonds. The summed E-state index contributed by atoms with van der Waals surface area (Å²) < 4.78 is 1.22. The van der Waals surface area contributed by atoms with Crippen molar-refractivity contribution in [1.29, 1.82) is 0 Å². The third kappa shape index (κ3) is 2.93. The van der Waals surface area contributed by atoms with Gasteiger partial charge >= 0.3 is 0 Å². The second kappa shape index (κ2) is 6.49. The summed E-state index contributed by atoms with van der Waals surface area (Å²) in [6.45, 7) is 0. The van der Waals surface area contributed by atoms with Gasteiger partial charge in [-0.3, -0.25) is 28.8 Å². The summed E-state index contributed by atoms with van der Waals surface area (Å²) in [6, 6.07) is 0. The molecule has 10 heteroatoms. The van der Waals surface area contributed by atoms with Crippen LogP contribution in [0.15, 0.2) is 22.5 Å². The number of aromatic amines is 1. The second-order valence-corrected chi connectivity index (χ2v) is 5.76. The molecule has 2 N–H and O–H groups in total. The number of aromatic hydroxyl groups is 1. The van der Waals surface area contributed by atoms with Gasteiger partial charge < -0.3 is 10.1 Å². The first-order valence-electron chi connectivity index (χ1n) is 6.67. The average Bonchev–Trinajstić information content (AvgIpc) is 2.55. The number of hydrogen-bond acceptors (Lipinski definition) is 6. The van der Waals surface area contributed by atoms with Crippen molar-refractivity contribution in [2.24, 2.45) is 7.05 Å². The van der Waals surface area contributed by atoms with Gasteiger partial charge in [-0.15, -0.1) is 0 Å². The lowest BCUT2D eigenvalue weighted by atomic mass is 10.1. The largest absolute Gasteiger partial charge is 0.494 e. The Morgan fingerprint density at radius 2 is 1.58 bits per heavy atom. The molecule has 1 aliphatic rings. The minimum atomic E-state index is -0.544. The predicted octanol–water partition coefficient (Wildman–Crippen LogP) is 0.303. The number of nitrogens with one attached hydrogen (secondary N) is 1. The van der Waals surface area contributed by atoms with Gasteiger partial charge in [0.15, 0.2) is 9.88 Å². The van der Waals surface area contributed by atoms with Gasteiger partial charge in [-0.25, -0.2) is 0 Å². The monoisotopic (exact) mass is 366 g/mol. The molecule has 1 fully saturated rings. The van der Waals surface area contributed by atoms with E-state index in [4.69, 9.17) is 24.4 Å². The summed E-state index contributed by atoms with van der Waals surface area (Å²) in [5, 5.41) is 9.89. The molecule has 8 nitrogen and oxygen atoms in total. The number of likely N-dealkylation sites (N-methyl/N-ethyl adjacent to an activating group) is 2. The van der Waals surface area contributed by atoms with Crippen molar-refractivity contribution in [3.63, 3.8) is 0 Å². The second-order valence-electron chi connectivity index (χ2n) is 5.01. The zero-order valence-corrected chi connectivity index (χ0v) is 14.7. The lowest BCUT2D eigenvalue weighted by molar-refractivity contribution is -0.132. The fourth-order valence-electron chi connectivity index (χ4n) is 2.01. The number of H-pyrrole nitrogens is 1. The van der Waals surface area contributed by atoms with E-state index >= 15 is 0 Å². The Hall–Kier alpha value is -2.59. The summed E-state index contributed by atoms with van der Waals surface area (Å²) in [7, 11) is 4.38. The highest BCUT2D eigenvalue weighted by Gasteiger charge is 2.34. The lowest BCUT2D eigenvalue weighted by Crippen LogP contribution is -2.52. The van der Waals surface area contributed by atoms with Crippen LogP contribution in [0.5, 0.6) is 5.88 Å². The van der Waals surface area contributed by atoms with Crippen LogP contribution < -0.4 is 5.56 Å². The molecular formula is C14H14N4O4S2. The number of aromatic nitrogens is 2. The quantitative estimate of drug-likeness (QED) is 0.444. The highest BCUT2D eigenvalue weighted by Crippen LogP contribution is 2.16. The SMILES string of the molecule is CN1C(=O)C(=C/C=C/c2c(O)[nH]c(=S)n(C)c2=O)C(=O)N(C)C1=S. The van der Waals surface area contributed by atoms with E-state index < -0.39 is 23.3 Å². The Balaban J connectivity index is 2.42. The molecule has 0 saturated carbocycles. The maximum absolute atomic E-state index is 12.1. The van der Waals surface area contributed by atoms with E-state index in [1.165, 1.54) is 49.2 Å². The van der Waals surface area contributed by atoms with E-state index in [2.05, 4.69) is 4.98 Å². The van der Waals surface area contributed by atoms with Crippen molar-refractivity contribution in [2.45, 2.75) is 0 Å². The van der Waals surface area contributed by atoms with E-state index in [1.807, 2.05) is 0 Å². The first-order chi connectivity index (χ1) is 11.2. The highest BCUT2D eigenvalue weighted by molar-refractivity contribution is 7.80. The summed E-state index contributed by atoms with van der Waals surface area (Å²) in [5.74, 6) is -1.48. The summed E-state index contributed by atoms with van der Waals surface area (Å²) in [5.41, 5.74) is -0.663. The fraction of sp³-hybridized carbons (Fsp3) is 0.214. The Kier molecular flexibility index (Phi) is 4.81. The molecule has 0 aliphatic carbocycles. The van der Waals surface area contributed by atoms with Crippen molar-refractivity contribution in [2.75, 3.05) is 14.1 Å². The van der Waals surface area contributed by atoms with Crippen LogP contribution in [0.25, 0.3) is 6.08 Å². The minimum absolute atomic E-state index is 0.0455. The van der Waals surface area contributed by atoms with Gasteiger partial charge in [-0.1, -0.05) is 6.08 Å². The molecule has 2 rings (SSSR count). The molecule has 1 saturated heterocycles. The molecule has 0 radical (unpaired) electrons. The Morgan fingerprint density at radius 3 is 2.12 bits per heavy atom. The smallest absolute Gasteiger partial charge is 0.265 e. The Morgan fingerprint density at radius 1 is 1.04 bits per heavy atom. The molecular weight excluding hydrogens is 352 g/mol. The van der Waals surface area contributed by atoms with Crippen molar-refractivity contribution in [3.05, 3.63) is 38.4 Å². The fourth-order valence-corrected chi connectivity index (χ4v) is 2.36. The number of amides is 2. The van der Waals surface area contributed by atoms with Crippen LogP contribution >= 0.6 is 24.4 Å². The van der Waals surface area contributed by atoms with E-state index in [1.54, 1.807) is 0 Å². The van der Waals surface area contributed by atoms with Crippen LogP contribution in [-0.4, -0.2) is 55.5 Å². The van der Waals surface area contributed by atoms with E-state index in [0.717, 1.165) is 4.57 Å². The molecule has 1 aromatic rings. The van der Waals surface area contributed by atoms with E-state index in [0.29, 0.717) is 0 Å². The summed E-state index contributed by atoms with van der Waals surface area (Å²) >= 11 is 9.85. The van der Waals surface area contributed by atoms with Gasteiger partial charge in [-0.2, -0.15) is 0 Å². The molecule has 0 aromatic carbocycles. The minimum Gasteiger partial charge on any atom is -0.494 e. The number of carbonyl (C=O) groups excluding carboxylic acids is 2. The highest BCUT2D eigenvalue weighted by atomic mass is 32.1. The number of rotatable bonds is 2. The molecule has 24 heavy (non-hydrogen) atoms. The van der Waals surface area contributed by atoms with Crippen molar-refractivity contribution in [3.8, 4) is 5.88 Å². The number of carbonyl (C=O) groups is 2. The topological polar surface area (TPSA) is 98.6 Å². The Bertz CT molecular complexity index is 900. The molecule has 126 valence electrons. The van der Waals surface area contributed by atoms with Crippen LogP contribution in [0.3, 0.4) is 0 Å². The van der Waals surface area contributed by atoms with E-state index in [9.17, 15) is 19.5 Å². The zero-order chi connectivity index (χ0) is 18.2. The van der Waals surface area contributed by atoms with Crippen LogP contribution in [-0.2, 0) is 16.6 Å². The predicted molar refractivity (Wildman–Crippen MR) is 93.8 cm³/mol. The first-order valence-corrected chi connectivity index (χ1v) is 7.49. The van der Waals surface area contributed by atoms with Crippen LogP contribution in [0, 0.1) is 4.77 Å². The summed E-state index contributed by atoms with van der Waals surface area (Å²) in [6.07, 6.45) is 3.87. The van der Waals surface area contributed by atoms with Crippen LogP contribution in [0.2, 0.25) is 0 Å². The van der Waals surface area contributed by atoms with Crippen molar-refractivity contribution < 1.29 is 14.7 Å². The zero-order valence-electron chi connectivity index (χ0n) is 13.1. The molecule has 0 bridgehead atoms. The van der Waals surface area contributed by atoms with Crippen molar-refractivity contribution in [1.82, 2.24) is 19.4 Å². The van der Waals surface area contributed by atoms with Gasteiger partial charge in [0.25, 0.3) is 17.4 Å². The van der Waals surface area contributed by atoms with Crippen LogP contribution in [0.1, 0.15) is 5.56 Å². The third-order valence-corrected chi connectivity index (χ3v) is 4.41. The molecule has 1 aromatic heterocycles. The molecule has 0 atom stereocenters. The van der Waals surface area contributed by atoms with Crippen LogP contribution in [0.4, 0.5) is 0 Å². The molecule has 2 heterocycles. The normalized spacial score (nSPS) is 15.6. The van der Waals surface area contributed by atoms with Crippen molar-refractivity contribution >= 4 is 47.4 Å². The summed E-state index contributed by atoms with van der Waals surface area (Å²) in [4.78, 5) is 41.1. The number of thiocarbonyl (C=S) groups is 1. The molecule has 1 aliphatic heterocycles. The van der Waals surface area contributed by atoms with Gasteiger partial charge in [-0.05, 0) is 36.6 Å². The molecule has 0 spiro atoms. The third-order valence-electron chi connectivity index (χ3n) is 3.49. The molecule has 0 unspecified atom stereocenters. The number of nitrogens with zero attached hydrogens (tertiary/aromatic N) is 3. The van der Waals surface area contributed by atoms with E-state index in [-0.39, 0.29) is 21.0 Å². The van der Waals surface area contributed by atoms with Gasteiger partial charge in [0.1, 0.15) is 5.57 Å². The number of hydrogen-bond donors (Lipinski definition) is 2. The maximum Gasteiger partial charge on any atom is 0.265 e. The average molecular weight is 366 g/mol. The lowest BCUT2D eigenvalue weighted by Gasteiger charge is -2.31. The maximum atomic E-state index is 12.1. The van der Waals surface area contributed by atoms with Gasteiger partial charge in [0, 0.05) is 21.1 Å². The van der Waals surface area contributed by atoms with Gasteiger partial charge in [0.2, 0.25) is 5.88 Å². The standard InChI is InChI=1S/C14H14N4O4S2/c1-16-10(20)7(9(19)15-13(16)23)5-4-6-8-11(21)17(2)14(24)18(3)12(8)22/h4-6,19H,1-3H3,(H,15,23)/b5-4+. The number of allylic oxidation sites excluding steroid dienone is 2. The van der Waals surface area contributed by atoms with Gasteiger partial charge in [0.05, 0.1) is 5.56 Å². The first kappa shape index (κ1) is 17.8.